The van der Waals surface area contributed by atoms with Crippen LogP contribution in [0.4, 0.5) is 0 Å². The second-order valence-electron chi connectivity index (χ2n) is 7.64. The number of benzene rings is 1. The van der Waals surface area contributed by atoms with Crippen LogP contribution in [0.2, 0.25) is 0 Å². The van der Waals surface area contributed by atoms with Crippen molar-refractivity contribution in [2.45, 2.75) is 67.8 Å². The Morgan fingerprint density at radius 1 is 1.35 bits per heavy atom. The Bertz CT molecular complexity index is 761. The van der Waals surface area contributed by atoms with E-state index in [-0.39, 0.29) is 17.5 Å². The molecule has 7 heteroatoms. The molecule has 2 aliphatic rings. The highest BCUT2D eigenvalue weighted by Crippen LogP contribution is 2.40. The first-order chi connectivity index (χ1) is 12.1. The monoisotopic (exact) mass is 381 g/mol. The van der Waals surface area contributed by atoms with E-state index in [1.807, 2.05) is 6.92 Å². The lowest BCUT2D eigenvalue weighted by Gasteiger charge is -2.32. The topological polar surface area (TPSA) is 76.1 Å². The minimum Gasteiger partial charge on any atom is -0.343 e. The predicted molar refractivity (Wildman–Crippen MR) is 97.6 cm³/mol. The van der Waals surface area contributed by atoms with Crippen molar-refractivity contribution in [3.05, 3.63) is 42.5 Å². The highest BCUT2D eigenvalue weighted by Gasteiger charge is 2.57. The van der Waals surface area contributed by atoms with Gasteiger partial charge in [0.1, 0.15) is 12.2 Å². The van der Waals surface area contributed by atoms with E-state index in [1.54, 1.807) is 44.2 Å². The molecule has 2 saturated heterocycles. The van der Waals surface area contributed by atoms with E-state index < -0.39 is 33.0 Å². The molecular weight excluding hydrogens is 354 g/mol. The van der Waals surface area contributed by atoms with Crippen LogP contribution in [0.25, 0.3) is 0 Å². The van der Waals surface area contributed by atoms with E-state index >= 15 is 0 Å². The van der Waals surface area contributed by atoms with Gasteiger partial charge in [0.25, 0.3) is 0 Å². The third kappa shape index (κ3) is 3.73. The molecule has 0 unspecified atom stereocenters. The SMILES string of the molecule is C=C(C)CC[C@H]([C@H]1[C@@H]2OC(C)(C)O[C@@H]2CN1O)S(=O)(=O)c1ccccc1. The first-order valence-corrected chi connectivity index (χ1v) is 10.4. The van der Waals surface area contributed by atoms with Crippen LogP contribution in [0.3, 0.4) is 0 Å². The van der Waals surface area contributed by atoms with Crippen LogP contribution in [-0.2, 0) is 19.3 Å². The Morgan fingerprint density at radius 3 is 2.62 bits per heavy atom. The van der Waals surface area contributed by atoms with Gasteiger partial charge in [-0.2, -0.15) is 5.06 Å². The van der Waals surface area contributed by atoms with Gasteiger partial charge in [-0.05, 0) is 45.7 Å². The zero-order chi connectivity index (χ0) is 19.1. The zero-order valence-electron chi connectivity index (χ0n) is 15.5. The number of nitrogens with zero attached hydrogens (tertiary/aromatic N) is 1. The van der Waals surface area contributed by atoms with Crippen molar-refractivity contribution in [2.75, 3.05) is 6.54 Å². The highest BCUT2D eigenvalue weighted by molar-refractivity contribution is 7.92. The number of allylic oxidation sites excluding steroid dienone is 1. The zero-order valence-corrected chi connectivity index (χ0v) is 16.3. The summed E-state index contributed by atoms with van der Waals surface area (Å²) in [6.07, 6.45) is 0.0752. The Kier molecular flexibility index (Phi) is 5.29. The van der Waals surface area contributed by atoms with Crippen molar-refractivity contribution in [3.8, 4) is 0 Å². The number of rotatable bonds is 6. The fraction of sp³-hybridized carbons (Fsp3) is 0.579. The molecule has 144 valence electrons. The minimum absolute atomic E-state index is 0.229. The number of sulfone groups is 1. The van der Waals surface area contributed by atoms with Gasteiger partial charge in [0.05, 0.1) is 22.7 Å². The van der Waals surface area contributed by atoms with Crippen LogP contribution < -0.4 is 0 Å². The molecule has 1 N–H and O–H groups in total. The molecule has 0 aliphatic carbocycles. The van der Waals surface area contributed by atoms with Crippen molar-refractivity contribution in [1.29, 1.82) is 0 Å². The molecule has 0 spiro atoms. The quantitative estimate of drug-likeness (QED) is 0.764. The summed E-state index contributed by atoms with van der Waals surface area (Å²) in [4.78, 5) is 0.252. The van der Waals surface area contributed by atoms with Crippen LogP contribution in [0.1, 0.15) is 33.6 Å². The van der Waals surface area contributed by atoms with E-state index in [2.05, 4.69) is 6.58 Å². The molecule has 6 nitrogen and oxygen atoms in total. The average molecular weight is 381 g/mol. The maximum Gasteiger partial charge on any atom is 0.182 e. The number of hydroxylamine groups is 2. The fourth-order valence-corrected chi connectivity index (χ4v) is 5.83. The second-order valence-corrected chi connectivity index (χ2v) is 9.81. The molecule has 0 aromatic heterocycles. The van der Waals surface area contributed by atoms with Gasteiger partial charge in [-0.1, -0.05) is 23.8 Å². The molecule has 3 rings (SSSR count). The second kappa shape index (κ2) is 7.05. The van der Waals surface area contributed by atoms with Gasteiger partial charge >= 0.3 is 0 Å². The number of fused-ring (bicyclic) bond motifs is 1. The van der Waals surface area contributed by atoms with Crippen molar-refractivity contribution >= 4 is 9.84 Å². The largest absolute Gasteiger partial charge is 0.343 e. The third-order valence-corrected chi connectivity index (χ3v) is 7.22. The molecule has 26 heavy (non-hydrogen) atoms. The first kappa shape index (κ1) is 19.5. The minimum atomic E-state index is -3.67. The summed E-state index contributed by atoms with van der Waals surface area (Å²) in [6, 6.07) is 7.68. The summed E-state index contributed by atoms with van der Waals surface area (Å²) >= 11 is 0. The van der Waals surface area contributed by atoms with Crippen molar-refractivity contribution in [2.24, 2.45) is 0 Å². The van der Waals surface area contributed by atoms with E-state index in [4.69, 9.17) is 9.47 Å². The van der Waals surface area contributed by atoms with Crippen molar-refractivity contribution in [3.63, 3.8) is 0 Å². The van der Waals surface area contributed by atoms with Crippen LogP contribution in [-0.4, -0.2) is 54.5 Å². The number of hydrogen-bond donors (Lipinski definition) is 1. The van der Waals surface area contributed by atoms with E-state index in [0.717, 1.165) is 10.6 Å². The van der Waals surface area contributed by atoms with Gasteiger partial charge in [-0.25, -0.2) is 8.42 Å². The van der Waals surface area contributed by atoms with E-state index in [9.17, 15) is 13.6 Å². The molecule has 2 aliphatic heterocycles. The fourth-order valence-electron chi connectivity index (χ4n) is 3.86. The summed E-state index contributed by atoms with van der Waals surface area (Å²) in [7, 11) is -3.67. The van der Waals surface area contributed by atoms with Crippen LogP contribution in [0.5, 0.6) is 0 Å². The smallest absolute Gasteiger partial charge is 0.182 e. The number of hydrogen-bond acceptors (Lipinski definition) is 6. The Balaban J connectivity index is 1.97. The summed E-state index contributed by atoms with van der Waals surface area (Å²) in [5, 5.41) is 10.8. The Hall–Kier alpha value is -1.25. The lowest BCUT2D eigenvalue weighted by atomic mass is 10.0. The van der Waals surface area contributed by atoms with Crippen LogP contribution in [0.15, 0.2) is 47.4 Å². The van der Waals surface area contributed by atoms with Crippen LogP contribution >= 0.6 is 0 Å². The van der Waals surface area contributed by atoms with Gasteiger partial charge in [-0.15, -0.1) is 6.58 Å². The van der Waals surface area contributed by atoms with Crippen molar-refractivity contribution in [1.82, 2.24) is 5.06 Å². The van der Waals surface area contributed by atoms with Gasteiger partial charge in [-0.3, -0.25) is 0 Å². The lowest BCUT2D eigenvalue weighted by molar-refractivity contribution is -0.197. The van der Waals surface area contributed by atoms with Gasteiger partial charge in [0, 0.05) is 0 Å². The normalized spacial score (nSPS) is 29.5. The summed E-state index contributed by atoms with van der Waals surface area (Å²) in [5.41, 5.74) is 0.904. The summed E-state index contributed by atoms with van der Waals surface area (Å²) < 4.78 is 38.5. The standard InChI is InChI=1S/C19H27NO5S/c1-13(2)10-11-16(26(22,23)14-8-6-5-7-9-14)17-18-15(12-20(17)21)24-19(3,4)25-18/h5-9,15-18,21H,1,10-12H2,2-4H3/t15-,16-,17+,18-/m1/s1. The van der Waals surface area contributed by atoms with Crippen molar-refractivity contribution < 1.29 is 23.1 Å². The third-order valence-electron chi connectivity index (χ3n) is 4.98. The maximum atomic E-state index is 13.4. The molecule has 0 bridgehead atoms. The molecule has 2 fully saturated rings. The molecular formula is C19H27NO5S. The van der Waals surface area contributed by atoms with E-state index in [1.165, 1.54) is 0 Å². The van der Waals surface area contributed by atoms with Gasteiger partial charge < -0.3 is 14.7 Å². The Labute approximate surface area is 155 Å². The summed E-state index contributed by atoms with van der Waals surface area (Å²) in [6.45, 7) is 9.60. The molecule has 1 aromatic carbocycles. The molecule has 0 saturated carbocycles. The number of ether oxygens (including phenoxy) is 2. The molecule has 0 amide bonds. The summed E-state index contributed by atoms with van der Waals surface area (Å²) in [5.74, 6) is -0.787. The van der Waals surface area contributed by atoms with Crippen LogP contribution in [0, 0.1) is 0 Å². The Morgan fingerprint density at radius 2 is 2.00 bits per heavy atom. The average Bonchev–Trinajstić information content (AvgIpc) is 2.99. The highest BCUT2D eigenvalue weighted by atomic mass is 32.2. The van der Waals surface area contributed by atoms with Gasteiger partial charge in [0.15, 0.2) is 15.6 Å². The van der Waals surface area contributed by atoms with E-state index in [0.29, 0.717) is 12.8 Å². The molecule has 1 aromatic rings. The molecule has 0 radical (unpaired) electrons. The maximum absolute atomic E-state index is 13.4. The molecule has 2 heterocycles. The molecule has 4 atom stereocenters. The lowest BCUT2D eigenvalue weighted by Crippen LogP contribution is -2.48. The first-order valence-electron chi connectivity index (χ1n) is 8.86. The van der Waals surface area contributed by atoms with Gasteiger partial charge in [0.2, 0.25) is 0 Å². The predicted octanol–water partition coefficient (Wildman–Crippen LogP) is 2.78.